The molecule has 3 aromatic rings. The van der Waals surface area contributed by atoms with E-state index in [-0.39, 0.29) is 27.6 Å². The molecular weight excluding hydrogens is 356 g/mol. The second-order valence-corrected chi connectivity index (χ2v) is 6.05. The van der Waals surface area contributed by atoms with E-state index in [2.05, 4.69) is 9.97 Å². The molecule has 0 fully saturated rings. The molecule has 3 nitrogen and oxygen atoms in total. The summed E-state index contributed by atoms with van der Waals surface area (Å²) >= 11 is 0.893. The molecule has 0 radical (unpaired) electrons. The zero-order valence-electron chi connectivity index (χ0n) is 12.5. The number of fused-ring (bicyclic) bond motifs is 1. The molecule has 0 spiro atoms. The van der Waals surface area contributed by atoms with E-state index < -0.39 is 17.8 Å². The number of hydrogen-bond donors (Lipinski definition) is 0. The lowest BCUT2D eigenvalue weighted by Crippen LogP contribution is -2.12. The molecule has 0 N–H and O–H groups in total. The zero-order chi connectivity index (χ0) is 18.0. The van der Waals surface area contributed by atoms with Crippen LogP contribution in [0.3, 0.4) is 0 Å². The average molecular weight is 366 g/mol. The van der Waals surface area contributed by atoms with Crippen molar-refractivity contribution in [3.8, 4) is 0 Å². The van der Waals surface area contributed by atoms with Gasteiger partial charge in [0.15, 0.2) is 5.78 Å². The maximum Gasteiger partial charge on any atom is 0.451 e. The van der Waals surface area contributed by atoms with Crippen molar-refractivity contribution < 1.29 is 22.4 Å². The van der Waals surface area contributed by atoms with Crippen LogP contribution < -0.4 is 0 Å². The van der Waals surface area contributed by atoms with Gasteiger partial charge in [0.1, 0.15) is 10.8 Å². The number of carbonyl (C=O) groups is 1. The summed E-state index contributed by atoms with van der Waals surface area (Å²) in [4.78, 5) is 19.2. The molecule has 128 valence electrons. The summed E-state index contributed by atoms with van der Waals surface area (Å²) in [6.45, 7) is 0. The van der Waals surface area contributed by atoms with E-state index in [1.807, 2.05) is 0 Å². The summed E-state index contributed by atoms with van der Waals surface area (Å²) in [6, 6.07) is 11.3. The molecule has 0 saturated carbocycles. The smallest absolute Gasteiger partial charge is 0.293 e. The molecule has 0 amide bonds. The summed E-state index contributed by atoms with van der Waals surface area (Å²) in [5.41, 5.74) is 0.435. The number of aromatic nitrogens is 2. The van der Waals surface area contributed by atoms with Crippen LogP contribution in [0.25, 0.3) is 10.9 Å². The fraction of sp³-hybridized carbons (Fsp3) is 0.118. The molecule has 0 aliphatic carbocycles. The van der Waals surface area contributed by atoms with Gasteiger partial charge < -0.3 is 0 Å². The molecule has 0 saturated heterocycles. The number of Topliss-reactive ketones (excluding diaryl/α,β-unsaturated/α-hetero) is 1. The molecule has 0 unspecified atom stereocenters. The van der Waals surface area contributed by atoms with Crippen molar-refractivity contribution in [1.82, 2.24) is 9.97 Å². The Bertz CT molecular complexity index is 926. The number of para-hydroxylation sites is 1. The minimum atomic E-state index is -4.68. The SMILES string of the molecule is O=C(CSc1nc(C(F)(F)F)nc2ccccc12)c1ccc(F)cc1. The van der Waals surface area contributed by atoms with Gasteiger partial charge in [0, 0.05) is 10.9 Å². The van der Waals surface area contributed by atoms with Gasteiger partial charge in [-0.3, -0.25) is 4.79 Å². The van der Waals surface area contributed by atoms with Crippen LogP contribution in [-0.2, 0) is 6.18 Å². The van der Waals surface area contributed by atoms with Crippen LogP contribution in [0.1, 0.15) is 16.2 Å². The molecule has 0 atom stereocenters. The van der Waals surface area contributed by atoms with Gasteiger partial charge in [-0.05, 0) is 30.3 Å². The van der Waals surface area contributed by atoms with Gasteiger partial charge >= 0.3 is 6.18 Å². The second-order valence-electron chi connectivity index (χ2n) is 5.09. The van der Waals surface area contributed by atoms with Gasteiger partial charge in [0.25, 0.3) is 0 Å². The summed E-state index contributed by atoms with van der Waals surface area (Å²) in [5, 5.41) is 0.515. The van der Waals surface area contributed by atoms with E-state index in [1.165, 1.54) is 18.2 Å². The minimum Gasteiger partial charge on any atom is -0.293 e. The van der Waals surface area contributed by atoms with Gasteiger partial charge in [-0.1, -0.05) is 30.0 Å². The van der Waals surface area contributed by atoms with Crippen molar-refractivity contribution in [2.75, 3.05) is 5.75 Å². The van der Waals surface area contributed by atoms with Crippen LogP contribution in [0.15, 0.2) is 53.6 Å². The molecule has 3 rings (SSSR count). The first-order valence-corrected chi connectivity index (χ1v) is 8.09. The first kappa shape index (κ1) is 17.3. The molecule has 1 aromatic heterocycles. The number of carbonyl (C=O) groups excluding carboxylic acids is 1. The number of thioether (sulfide) groups is 1. The Labute approximate surface area is 144 Å². The van der Waals surface area contributed by atoms with Gasteiger partial charge in [-0.15, -0.1) is 0 Å². The highest BCUT2D eigenvalue weighted by molar-refractivity contribution is 8.00. The molecule has 0 bridgehead atoms. The minimum absolute atomic E-state index is 0.0772. The van der Waals surface area contributed by atoms with Crippen LogP contribution >= 0.6 is 11.8 Å². The van der Waals surface area contributed by atoms with E-state index >= 15 is 0 Å². The van der Waals surface area contributed by atoms with Gasteiger partial charge in [0.2, 0.25) is 5.82 Å². The number of ketones is 1. The highest BCUT2D eigenvalue weighted by Gasteiger charge is 2.35. The van der Waals surface area contributed by atoms with Crippen LogP contribution in [0.5, 0.6) is 0 Å². The monoisotopic (exact) mass is 366 g/mol. The Balaban J connectivity index is 1.89. The van der Waals surface area contributed by atoms with E-state index in [9.17, 15) is 22.4 Å². The van der Waals surface area contributed by atoms with Crippen molar-refractivity contribution in [1.29, 1.82) is 0 Å². The van der Waals surface area contributed by atoms with Crippen LogP contribution in [-0.4, -0.2) is 21.5 Å². The molecule has 1 heterocycles. The van der Waals surface area contributed by atoms with Crippen molar-refractivity contribution in [3.63, 3.8) is 0 Å². The van der Waals surface area contributed by atoms with Gasteiger partial charge in [0.05, 0.1) is 11.3 Å². The van der Waals surface area contributed by atoms with Crippen molar-refractivity contribution >= 4 is 28.4 Å². The van der Waals surface area contributed by atoms with E-state index in [4.69, 9.17) is 0 Å². The Morgan fingerprint density at radius 2 is 1.68 bits per heavy atom. The summed E-state index contributed by atoms with van der Waals surface area (Å²) in [7, 11) is 0. The molecule has 0 aliphatic rings. The molecule has 8 heteroatoms. The number of rotatable bonds is 4. The van der Waals surface area contributed by atoms with Crippen molar-refractivity contribution in [2.24, 2.45) is 0 Å². The summed E-state index contributed by atoms with van der Waals surface area (Å²) in [5.74, 6) is -2.17. The van der Waals surface area contributed by atoms with Crippen LogP contribution in [0.2, 0.25) is 0 Å². The van der Waals surface area contributed by atoms with Crippen LogP contribution in [0, 0.1) is 5.82 Å². The normalized spacial score (nSPS) is 11.7. The standard InChI is InChI=1S/C17H10F4N2OS/c18-11-7-5-10(6-8-11)14(24)9-25-15-12-3-1-2-4-13(12)22-16(23-15)17(19,20)21/h1-8H,9H2. The molecule has 2 aromatic carbocycles. The highest BCUT2D eigenvalue weighted by Crippen LogP contribution is 2.32. The average Bonchev–Trinajstić information content (AvgIpc) is 2.59. The van der Waals surface area contributed by atoms with Crippen LogP contribution in [0.4, 0.5) is 17.6 Å². The fourth-order valence-electron chi connectivity index (χ4n) is 2.14. The van der Waals surface area contributed by atoms with E-state index in [0.29, 0.717) is 5.39 Å². The molecule has 0 aliphatic heterocycles. The maximum absolute atomic E-state index is 13.0. The molecular formula is C17H10F4N2OS. The third-order valence-corrected chi connectivity index (χ3v) is 4.32. The number of hydrogen-bond acceptors (Lipinski definition) is 4. The number of halogens is 4. The summed E-state index contributed by atoms with van der Waals surface area (Å²) in [6.07, 6.45) is -4.68. The predicted molar refractivity (Wildman–Crippen MR) is 86.0 cm³/mol. The third kappa shape index (κ3) is 3.96. The quantitative estimate of drug-likeness (QED) is 0.289. The lowest BCUT2D eigenvalue weighted by molar-refractivity contribution is -0.145. The zero-order valence-corrected chi connectivity index (χ0v) is 13.4. The summed E-state index contributed by atoms with van der Waals surface area (Å²) < 4.78 is 51.8. The first-order valence-electron chi connectivity index (χ1n) is 7.10. The highest BCUT2D eigenvalue weighted by atomic mass is 32.2. The van der Waals surface area contributed by atoms with Gasteiger partial charge in [-0.25, -0.2) is 14.4 Å². The number of alkyl halides is 3. The predicted octanol–water partition coefficient (Wildman–Crippen LogP) is 4.76. The Kier molecular flexibility index (Phi) is 4.71. The number of nitrogens with zero attached hydrogens (tertiary/aromatic N) is 2. The lowest BCUT2D eigenvalue weighted by atomic mass is 10.1. The topological polar surface area (TPSA) is 42.9 Å². The van der Waals surface area contributed by atoms with E-state index in [0.717, 1.165) is 23.9 Å². The Morgan fingerprint density at radius 1 is 1.00 bits per heavy atom. The lowest BCUT2D eigenvalue weighted by Gasteiger charge is -2.10. The number of benzene rings is 2. The molecule has 25 heavy (non-hydrogen) atoms. The third-order valence-electron chi connectivity index (χ3n) is 3.33. The van der Waals surface area contributed by atoms with E-state index in [1.54, 1.807) is 18.2 Å². The fourth-order valence-corrected chi connectivity index (χ4v) is 3.05. The van der Waals surface area contributed by atoms with Crippen molar-refractivity contribution in [3.05, 3.63) is 65.7 Å². The maximum atomic E-state index is 13.0. The van der Waals surface area contributed by atoms with Gasteiger partial charge in [-0.2, -0.15) is 13.2 Å². The first-order chi connectivity index (χ1) is 11.8. The Hall–Kier alpha value is -2.48. The largest absolute Gasteiger partial charge is 0.451 e. The second kappa shape index (κ2) is 6.79. The Morgan fingerprint density at radius 3 is 2.36 bits per heavy atom. The van der Waals surface area contributed by atoms with Crippen molar-refractivity contribution in [2.45, 2.75) is 11.2 Å².